The van der Waals surface area contributed by atoms with Crippen molar-refractivity contribution in [1.82, 2.24) is 4.98 Å². The number of nitrogens with zero attached hydrogens (tertiary/aromatic N) is 2. The first kappa shape index (κ1) is 18.4. The molecule has 0 bridgehead atoms. The highest BCUT2D eigenvalue weighted by Gasteiger charge is 2.14. The van der Waals surface area contributed by atoms with E-state index in [9.17, 15) is 0 Å². The van der Waals surface area contributed by atoms with Gasteiger partial charge in [-0.05, 0) is 71.8 Å². The Morgan fingerprint density at radius 2 is 1.22 bits per heavy atom. The van der Waals surface area contributed by atoms with Crippen molar-refractivity contribution in [2.24, 2.45) is 0 Å². The lowest BCUT2D eigenvalue weighted by molar-refractivity contribution is 0.654. The minimum Gasteiger partial charge on any atom is -0.438 e. The summed E-state index contributed by atoms with van der Waals surface area (Å²) < 4.78 is 5.90. The molecule has 3 nitrogen and oxygen atoms in total. The zero-order valence-electron chi connectivity index (χ0n) is 17.3. The molecule has 0 radical (unpaired) electrons. The number of pyridine rings is 1. The van der Waals surface area contributed by atoms with Crippen molar-refractivity contribution in [2.45, 2.75) is 0 Å². The number of aromatic nitrogens is 1. The Bertz CT molecular complexity index is 1480. The van der Waals surface area contributed by atoms with Gasteiger partial charge in [-0.3, -0.25) is 0 Å². The van der Waals surface area contributed by atoms with Gasteiger partial charge in [0.1, 0.15) is 5.58 Å². The summed E-state index contributed by atoms with van der Waals surface area (Å²) >= 11 is 0. The Hall–Kier alpha value is -4.37. The normalized spacial score (nSPS) is 11.1. The van der Waals surface area contributed by atoms with Gasteiger partial charge in [0.25, 0.3) is 0 Å². The Balaban J connectivity index is 1.49. The van der Waals surface area contributed by atoms with E-state index in [2.05, 4.69) is 101 Å². The summed E-state index contributed by atoms with van der Waals surface area (Å²) in [5, 5.41) is 2.12. The van der Waals surface area contributed by atoms with Crippen LogP contribution >= 0.6 is 0 Å². The first-order valence-corrected chi connectivity index (χ1v) is 10.6. The van der Waals surface area contributed by atoms with Crippen LogP contribution in [0, 0.1) is 0 Å². The average Bonchev–Trinajstić information content (AvgIpc) is 3.24. The molecule has 0 aliphatic rings. The highest BCUT2D eigenvalue weighted by Crippen LogP contribution is 2.37. The number of anilines is 3. The largest absolute Gasteiger partial charge is 0.438 e. The maximum atomic E-state index is 5.90. The van der Waals surface area contributed by atoms with Gasteiger partial charge in [0.05, 0.1) is 0 Å². The molecule has 0 saturated heterocycles. The summed E-state index contributed by atoms with van der Waals surface area (Å²) in [6.45, 7) is 0. The summed E-state index contributed by atoms with van der Waals surface area (Å²) in [7, 11) is 0. The Kier molecular flexibility index (Phi) is 4.43. The predicted octanol–water partition coefficient (Wildman–Crippen LogP) is 8.12. The van der Waals surface area contributed by atoms with Crippen LogP contribution < -0.4 is 4.90 Å². The van der Waals surface area contributed by atoms with E-state index in [1.165, 1.54) is 0 Å². The first-order chi connectivity index (χ1) is 15.9. The molecule has 152 valence electrons. The van der Waals surface area contributed by atoms with Crippen molar-refractivity contribution in [1.29, 1.82) is 0 Å². The van der Waals surface area contributed by atoms with Crippen LogP contribution in [-0.2, 0) is 0 Å². The maximum absolute atomic E-state index is 5.90. The van der Waals surface area contributed by atoms with E-state index >= 15 is 0 Å². The second-order valence-corrected chi connectivity index (χ2v) is 7.73. The molecule has 0 atom stereocenters. The Labute approximate surface area is 186 Å². The number of hydrogen-bond donors (Lipinski definition) is 0. The Morgan fingerprint density at radius 3 is 1.97 bits per heavy atom. The van der Waals surface area contributed by atoms with E-state index in [0.29, 0.717) is 5.71 Å². The highest BCUT2D eigenvalue weighted by molar-refractivity contribution is 6.05. The standard InChI is InChI=1S/C29H20N2O/c1-3-10-23(11-4-1)31(24-12-5-2-6-13-24)25-14-7-9-21(19-25)22-16-17-28-27(20-22)26-15-8-18-30-29(26)32-28/h1-20H. The number of para-hydroxylation sites is 2. The van der Waals surface area contributed by atoms with E-state index in [4.69, 9.17) is 4.42 Å². The lowest BCUT2D eigenvalue weighted by Crippen LogP contribution is -2.09. The van der Waals surface area contributed by atoms with E-state index in [1.807, 2.05) is 24.3 Å². The minimum absolute atomic E-state index is 0.674. The molecule has 6 aromatic rings. The molecule has 2 heterocycles. The lowest BCUT2D eigenvalue weighted by atomic mass is 10.0. The zero-order valence-corrected chi connectivity index (χ0v) is 17.3. The monoisotopic (exact) mass is 412 g/mol. The summed E-state index contributed by atoms with van der Waals surface area (Å²) in [5.74, 6) is 0. The maximum Gasteiger partial charge on any atom is 0.227 e. The lowest BCUT2D eigenvalue weighted by Gasteiger charge is -2.25. The highest BCUT2D eigenvalue weighted by atomic mass is 16.3. The van der Waals surface area contributed by atoms with Crippen LogP contribution in [0.1, 0.15) is 0 Å². The molecule has 0 aliphatic heterocycles. The topological polar surface area (TPSA) is 29.3 Å². The molecule has 0 N–H and O–H groups in total. The summed E-state index contributed by atoms with van der Waals surface area (Å²) in [5.41, 5.74) is 7.18. The third-order valence-electron chi connectivity index (χ3n) is 5.71. The number of fused-ring (bicyclic) bond motifs is 3. The van der Waals surface area contributed by atoms with E-state index in [1.54, 1.807) is 6.20 Å². The predicted molar refractivity (Wildman–Crippen MR) is 132 cm³/mol. The molecular weight excluding hydrogens is 392 g/mol. The zero-order chi connectivity index (χ0) is 21.3. The molecule has 32 heavy (non-hydrogen) atoms. The van der Waals surface area contributed by atoms with Crippen molar-refractivity contribution in [3.05, 3.63) is 121 Å². The molecule has 0 aliphatic carbocycles. The van der Waals surface area contributed by atoms with Crippen molar-refractivity contribution >= 4 is 39.1 Å². The van der Waals surface area contributed by atoms with Crippen molar-refractivity contribution in [2.75, 3.05) is 4.90 Å². The Morgan fingerprint density at radius 1 is 0.531 bits per heavy atom. The van der Waals surface area contributed by atoms with E-state index < -0.39 is 0 Å². The van der Waals surface area contributed by atoms with Gasteiger partial charge in [0.15, 0.2) is 0 Å². The van der Waals surface area contributed by atoms with Crippen LogP contribution in [-0.4, -0.2) is 4.98 Å². The molecule has 0 fully saturated rings. The molecule has 3 heteroatoms. The van der Waals surface area contributed by atoms with Crippen LogP contribution in [0.3, 0.4) is 0 Å². The number of benzene rings is 4. The first-order valence-electron chi connectivity index (χ1n) is 10.6. The number of rotatable bonds is 4. The van der Waals surface area contributed by atoms with Crippen LogP contribution in [0.5, 0.6) is 0 Å². The fraction of sp³-hybridized carbons (Fsp3) is 0. The third-order valence-corrected chi connectivity index (χ3v) is 5.71. The van der Waals surface area contributed by atoms with Crippen molar-refractivity contribution in [3.63, 3.8) is 0 Å². The summed E-state index contributed by atoms with van der Waals surface area (Å²) in [4.78, 5) is 6.63. The fourth-order valence-electron chi connectivity index (χ4n) is 4.22. The molecule has 0 amide bonds. The van der Waals surface area contributed by atoms with E-state index in [0.717, 1.165) is 44.5 Å². The minimum atomic E-state index is 0.674. The van der Waals surface area contributed by atoms with Crippen LogP contribution in [0.25, 0.3) is 33.2 Å². The van der Waals surface area contributed by atoms with Gasteiger partial charge in [-0.1, -0.05) is 54.6 Å². The molecule has 2 aromatic heterocycles. The van der Waals surface area contributed by atoms with Gasteiger partial charge < -0.3 is 9.32 Å². The summed E-state index contributed by atoms with van der Waals surface area (Å²) in [6, 6.07) is 39.9. The molecule has 4 aromatic carbocycles. The van der Waals surface area contributed by atoms with Gasteiger partial charge in [0.2, 0.25) is 5.71 Å². The molecular formula is C29H20N2O. The van der Waals surface area contributed by atoms with Gasteiger partial charge >= 0.3 is 0 Å². The van der Waals surface area contributed by atoms with Crippen LogP contribution in [0.4, 0.5) is 17.1 Å². The molecule has 6 rings (SSSR count). The number of furan rings is 1. The van der Waals surface area contributed by atoms with E-state index in [-0.39, 0.29) is 0 Å². The smallest absolute Gasteiger partial charge is 0.227 e. The van der Waals surface area contributed by atoms with Gasteiger partial charge in [-0.2, -0.15) is 0 Å². The SMILES string of the molecule is c1ccc(N(c2ccccc2)c2cccc(-c3ccc4oc5ncccc5c4c3)c2)cc1. The second kappa shape index (κ2) is 7.71. The number of hydrogen-bond acceptors (Lipinski definition) is 3. The van der Waals surface area contributed by atoms with Crippen molar-refractivity contribution < 1.29 is 4.42 Å². The quantitative estimate of drug-likeness (QED) is 0.293. The molecule has 0 spiro atoms. The van der Waals surface area contributed by atoms with Gasteiger partial charge in [-0.25, -0.2) is 4.98 Å². The van der Waals surface area contributed by atoms with Crippen LogP contribution in [0.15, 0.2) is 126 Å². The molecule has 0 unspecified atom stereocenters. The van der Waals surface area contributed by atoms with Gasteiger partial charge in [0, 0.05) is 34.0 Å². The fourth-order valence-corrected chi connectivity index (χ4v) is 4.22. The molecule has 0 saturated carbocycles. The average molecular weight is 412 g/mol. The second-order valence-electron chi connectivity index (χ2n) is 7.73. The summed E-state index contributed by atoms with van der Waals surface area (Å²) in [6.07, 6.45) is 1.76. The third kappa shape index (κ3) is 3.21. The van der Waals surface area contributed by atoms with Crippen molar-refractivity contribution in [3.8, 4) is 11.1 Å². The van der Waals surface area contributed by atoms with Crippen LogP contribution in [0.2, 0.25) is 0 Å². The van der Waals surface area contributed by atoms with Gasteiger partial charge in [-0.15, -0.1) is 0 Å².